The molecule has 1 saturated heterocycles. The molecule has 0 unspecified atom stereocenters. The van der Waals surface area contributed by atoms with Crippen LogP contribution >= 0.6 is 0 Å². The first-order valence-corrected chi connectivity index (χ1v) is 6.40. The van der Waals surface area contributed by atoms with E-state index in [0.717, 1.165) is 32.5 Å². The number of nitrogens with one attached hydrogen (secondary N) is 1. The molecule has 17 heavy (non-hydrogen) atoms. The van der Waals surface area contributed by atoms with Crippen LogP contribution in [0, 0.1) is 0 Å². The topological polar surface area (TPSA) is 21.3 Å². The number of hydrogen-bond donors (Lipinski definition) is 1. The zero-order valence-corrected chi connectivity index (χ0v) is 10.3. The van der Waals surface area contributed by atoms with E-state index < -0.39 is 0 Å². The van der Waals surface area contributed by atoms with Crippen LogP contribution in [0.1, 0.15) is 30.9 Å². The van der Waals surface area contributed by atoms with Gasteiger partial charge in [-0.05, 0) is 24.8 Å². The predicted octanol–water partition coefficient (Wildman–Crippen LogP) is 3.07. The highest BCUT2D eigenvalue weighted by Gasteiger charge is 2.20. The Bertz CT molecular complexity index is 330. The molecule has 0 bridgehead atoms. The fraction of sp³-hybridized carbons (Fsp3) is 0.467. The maximum atomic E-state index is 5.42. The Morgan fingerprint density at radius 1 is 1.41 bits per heavy atom. The second-order valence-electron chi connectivity index (χ2n) is 4.56. The van der Waals surface area contributed by atoms with Crippen molar-refractivity contribution in [3.8, 4) is 0 Å². The lowest BCUT2D eigenvalue weighted by atomic mass is 10.0. The minimum Gasteiger partial charge on any atom is -0.380 e. The van der Waals surface area contributed by atoms with Crippen LogP contribution in [0.3, 0.4) is 0 Å². The van der Waals surface area contributed by atoms with Crippen LogP contribution in [-0.2, 0) is 4.74 Å². The van der Waals surface area contributed by atoms with Gasteiger partial charge in [0.2, 0.25) is 0 Å². The van der Waals surface area contributed by atoms with Crippen LogP contribution in [0.15, 0.2) is 43.0 Å². The molecule has 2 rings (SSSR count). The van der Waals surface area contributed by atoms with Gasteiger partial charge < -0.3 is 10.1 Å². The lowest BCUT2D eigenvalue weighted by molar-refractivity contribution is 0.187. The number of allylic oxidation sites excluding steroid dienone is 1. The third-order valence-electron chi connectivity index (χ3n) is 3.23. The summed E-state index contributed by atoms with van der Waals surface area (Å²) in [6, 6.07) is 11.6. The van der Waals surface area contributed by atoms with Crippen molar-refractivity contribution in [2.45, 2.75) is 31.3 Å². The third-order valence-corrected chi connectivity index (χ3v) is 3.23. The average molecular weight is 231 g/mol. The minimum absolute atomic E-state index is 0.418. The molecule has 1 aromatic rings. The highest BCUT2D eigenvalue weighted by Crippen LogP contribution is 2.20. The molecule has 0 amide bonds. The van der Waals surface area contributed by atoms with Gasteiger partial charge in [-0.15, -0.1) is 6.58 Å². The van der Waals surface area contributed by atoms with Crippen LogP contribution in [0.2, 0.25) is 0 Å². The van der Waals surface area contributed by atoms with Crippen LogP contribution in [0.25, 0.3) is 0 Å². The van der Waals surface area contributed by atoms with Crippen molar-refractivity contribution in [1.29, 1.82) is 0 Å². The van der Waals surface area contributed by atoms with E-state index in [9.17, 15) is 0 Å². The maximum absolute atomic E-state index is 5.42. The second kappa shape index (κ2) is 6.58. The summed E-state index contributed by atoms with van der Waals surface area (Å²) in [6.07, 6.45) is 5.25. The van der Waals surface area contributed by atoms with Crippen molar-refractivity contribution in [3.05, 3.63) is 48.6 Å². The molecule has 2 heteroatoms. The van der Waals surface area contributed by atoms with Gasteiger partial charge in [0.05, 0.1) is 6.61 Å². The summed E-state index contributed by atoms with van der Waals surface area (Å²) in [5.41, 5.74) is 1.36. The number of rotatable bonds is 6. The molecule has 0 radical (unpaired) electrons. The molecule has 0 saturated carbocycles. The molecule has 0 aliphatic carbocycles. The van der Waals surface area contributed by atoms with Crippen molar-refractivity contribution in [2.75, 3.05) is 13.2 Å². The number of ether oxygens (including phenoxy) is 1. The fourth-order valence-electron chi connectivity index (χ4n) is 2.27. The van der Waals surface area contributed by atoms with Crippen molar-refractivity contribution >= 4 is 0 Å². The number of benzene rings is 1. The Hall–Kier alpha value is -1.12. The van der Waals surface area contributed by atoms with Crippen LogP contribution in [0.5, 0.6) is 0 Å². The first kappa shape index (κ1) is 12.3. The third kappa shape index (κ3) is 3.69. The Morgan fingerprint density at radius 2 is 2.24 bits per heavy atom. The Morgan fingerprint density at radius 3 is 2.88 bits per heavy atom. The van der Waals surface area contributed by atoms with Gasteiger partial charge in [-0.3, -0.25) is 0 Å². The summed E-state index contributed by atoms with van der Waals surface area (Å²) in [7, 11) is 0. The Balaban J connectivity index is 1.99. The molecule has 0 aromatic heterocycles. The van der Waals surface area contributed by atoms with Gasteiger partial charge >= 0.3 is 0 Å². The highest BCUT2D eigenvalue weighted by atomic mass is 16.5. The molecule has 1 heterocycles. The fourth-order valence-corrected chi connectivity index (χ4v) is 2.27. The van der Waals surface area contributed by atoms with Crippen LogP contribution in [0.4, 0.5) is 0 Å². The summed E-state index contributed by atoms with van der Waals surface area (Å²) < 4.78 is 5.42. The average Bonchev–Trinajstić information content (AvgIpc) is 2.88. The highest BCUT2D eigenvalue weighted by molar-refractivity contribution is 5.19. The van der Waals surface area contributed by atoms with E-state index in [-0.39, 0.29) is 0 Å². The standard InChI is InChI=1S/C15H21NO/c1-2-3-9-15(13-7-5-4-6-8-13)16-14-10-11-17-12-14/h2,4-8,14-16H,1,3,9-12H2/t14-,15+/m0/s1. The Kier molecular flexibility index (Phi) is 4.77. The van der Waals surface area contributed by atoms with E-state index >= 15 is 0 Å². The molecular weight excluding hydrogens is 210 g/mol. The largest absolute Gasteiger partial charge is 0.380 e. The zero-order chi connectivity index (χ0) is 11.9. The lowest BCUT2D eigenvalue weighted by Crippen LogP contribution is -2.33. The monoisotopic (exact) mass is 231 g/mol. The first-order chi connectivity index (χ1) is 8.40. The molecule has 1 aliphatic rings. The second-order valence-corrected chi connectivity index (χ2v) is 4.56. The quantitative estimate of drug-likeness (QED) is 0.760. The van der Waals surface area contributed by atoms with Gasteiger partial charge in [0.25, 0.3) is 0 Å². The van der Waals surface area contributed by atoms with Gasteiger partial charge in [0, 0.05) is 18.7 Å². The van der Waals surface area contributed by atoms with E-state index in [0.29, 0.717) is 12.1 Å². The molecular formula is C15H21NO. The molecule has 2 atom stereocenters. The Labute approximate surface area is 104 Å². The summed E-state index contributed by atoms with van der Waals surface area (Å²) in [6.45, 7) is 5.54. The maximum Gasteiger partial charge on any atom is 0.0620 e. The predicted molar refractivity (Wildman–Crippen MR) is 71.0 cm³/mol. The summed E-state index contributed by atoms with van der Waals surface area (Å²) >= 11 is 0. The molecule has 1 fully saturated rings. The van der Waals surface area contributed by atoms with Crippen molar-refractivity contribution < 1.29 is 4.74 Å². The van der Waals surface area contributed by atoms with Gasteiger partial charge in [0.15, 0.2) is 0 Å². The van der Waals surface area contributed by atoms with E-state index in [1.54, 1.807) is 0 Å². The van der Waals surface area contributed by atoms with Crippen LogP contribution in [-0.4, -0.2) is 19.3 Å². The van der Waals surface area contributed by atoms with E-state index in [1.807, 2.05) is 6.08 Å². The molecule has 0 spiro atoms. The SMILES string of the molecule is C=CCC[C@@H](N[C@H]1CCOC1)c1ccccc1. The molecule has 1 aromatic carbocycles. The van der Waals surface area contributed by atoms with E-state index in [1.165, 1.54) is 5.56 Å². The van der Waals surface area contributed by atoms with Crippen molar-refractivity contribution in [1.82, 2.24) is 5.32 Å². The lowest BCUT2D eigenvalue weighted by Gasteiger charge is -2.22. The van der Waals surface area contributed by atoms with Gasteiger partial charge in [0.1, 0.15) is 0 Å². The first-order valence-electron chi connectivity index (χ1n) is 6.40. The van der Waals surface area contributed by atoms with Crippen LogP contribution < -0.4 is 5.32 Å². The van der Waals surface area contributed by atoms with Gasteiger partial charge in [-0.25, -0.2) is 0 Å². The molecule has 2 nitrogen and oxygen atoms in total. The molecule has 1 aliphatic heterocycles. The number of hydrogen-bond acceptors (Lipinski definition) is 2. The molecule has 1 N–H and O–H groups in total. The zero-order valence-electron chi connectivity index (χ0n) is 10.3. The van der Waals surface area contributed by atoms with E-state index in [2.05, 4.69) is 42.2 Å². The molecule has 92 valence electrons. The van der Waals surface area contributed by atoms with Gasteiger partial charge in [-0.1, -0.05) is 36.4 Å². The summed E-state index contributed by atoms with van der Waals surface area (Å²) in [5, 5.41) is 3.69. The smallest absolute Gasteiger partial charge is 0.0620 e. The summed E-state index contributed by atoms with van der Waals surface area (Å²) in [5.74, 6) is 0. The van der Waals surface area contributed by atoms with E-state index in [4.69, 9.17) is 4.74 Å². The minimum atomic E-state index is 0.418. The van der Waals surface area contributed by atoms with Gasteiger partial charge in [-0.2, -0.15) is 0 Å². The van der Waals surface area contributed by atoms with Crippen molar-refractivity contribution in [3.63, 3.8) is 0 Å². The summed E-state index contributed by atoms with van der Waals surface area (Å²) in [4.78, 5) is 0. The normalized spacial score (nSPS) is 21.3. The van der Waals surface area contributed by atoms with Crippen molar-refractivity contribution in [2.24, 2.45) is 0 Å².